The van der Waals surface area contributed by atoms with Crippen molar-refractivity contribution < 1.29 is 18.6 Å². The zero-order chi connectivity index (χ0) is 13.8. The molecule has 0 spiro atoms. The van der Waals surface area contributed by atoms with Crippen molar-refractivity contribution in [1.82, 2.24) is 5.32 Å². The van der Waals surface area contributed by atoms with Crippen LogP contribution in [0.15, 0.2) is 24.3 Å². The summed E-state index contributed by atoms with van der Waals surface area (Å²) in [6.45, 7) is 4.10. The summed E-state index contributed by atoms with van der Waals surface area (Å²) in [4.78, 5) is 0. The van der Waals surface area contributed by atoms with Crippen LogP contribution in [-0.2, 0) is 20.8 Å². The highest BCUT2D eigenvalue weighted by Crippen LogP contribution is 2.04. The molecule has 0 heterocycles. The van der Waals surface area contributed by atoms with Crippen LogP contribution in [0, 0.1) is 5.82 Å². The second-order valence-electron chi connectivity index (χ2n) is 3.99. The van der Waals surface area contributed by atoms with Crippen LogP contribution in [-0.4, -0.2) is 46.7 Å². The summed E-state index contributed by atoms with van der Waals surface area (Å²) in [6.07, 6.45) is 0. The van der Waals surface area contributed by atoms with Gasteiger partial charge in [-0.2, -0.15) is 0 Å². The highest BCUT2D eigenvalue weighted by molar-refractivity contribution is 5.16. The molecule has 1 aromatic carbocycles. The molecule has 1 rings (SSSR count). The molecule has 0 aromatic heterocycles. The lowest BCUT2D eigenvalue weighted by Gasteiger charge is -2.07. The third kappa shape index (κ3) is 7.89. The van der Waals surface area contributed by atoms with Gasteiger partial charge in [-0.3, -0.25) is 0 Å². The molecule has 0 amide bonds. The van der Waals surface area contributed by atoms with Crippen LogP contribution in [0.2, 0.25) is 0 Å². The summed E-state index contributed by atoms with van der Waals surface area (Å²) in [5.74, 6) is -0.178. The molecule has 0 saturated heterocycles. The minimum Gasteiger partial charge on any atom is -0.382 e. The summed E-state index contributed by atoms with van der Waals surface area (Å²) in [5.41, 5.74) is 0.672. The average Bonchev–Trinajstić information content (AvgIpc) is 2.43. The van der Waals surface area contributed by atoms with Gasteiger partial charge in [0.15, 0.2) is 0 Å². The van der Waals surface area contributed by atoms with Gasteiger partial charge in [0.25, 0.3) is 0 Å². The van der Waals surface area contributed by atoms with Crippen molar-refractivity contribution in [3.63, 3.8) is 0 Å². The molecule has 0 bridgehead atoms. The Morgan fingerprint density at radius 1 is 1.00 bits per heavy atom. The molecule has 0 fully saturated rings. The fourth-order valence-corrected chi connectivity index (χ4v) is 1.47. The molecule has 19 heavy (non-hydrogen) atoms. The molecule has 0 aliphatic carbocycles. The molecule has 5 heteroatoms. The van der Waals surface area contributed by atoms with E-state index in [0.717, 1.165) is 0 Å². The van der Waals surface area contributed by atoms with Crippen LogP contribution in [0.25, 0.3) is 0 Å². The van der Waals surface area contributed by atoms with E-state index in [1.807, 2.05) is 6.07 Å². The lowest BCUT2D eigenvalue weighted by atomic mass is 10.2. The van der Waals surface area contributed by atoms with Crippen LogP contribution in [0.4, 0.5) is 4.39 Å². The Bertz CT molecular complexity index is 336. The van der Waals surface area contributed by atoms with Crippen LogP contribution < -0.4 is 5.32 Å². The van der Waals surface area contributed by atoms with E-state index < -0.39 is 0 Å². The van der Waals surface area contributed by atoms with Crippen molar-refractivity contribution in [2.45, 2.75) is 6.54 Å². The maximum atomic E-state index is 13.3. The molecule has 0 aliphatic rings. The first kappa shape index (κ1) is 16.0. The van der Waals surface area contributed by atoms with E-state index in [4.69, 9.17) is 14.2 Å². The van der Waals surface area contributed by atoms with Gasteiger partial charge in [0.05, 0.1) is 33.0 Å². The second kappa shape index (κ2) is 10.9. The lowest BCUT2D eigenvalue weighted by Crippen LogP contribution is -2.21. The van der Waals surface area contributed by atoms with E-state index in [9.17, 15) is 4.39 Å². The SMILES string of the molecule is COCCOCCOCCNCc1ccccc1F. The van der Waals surface area contributed by atoms with E-state index in [1.54, 1.807) is 19.2 Å². The highest BCUT2D eigenvalue weighted by Gasteiger charge is 1.98. The fraction of sp³-hybridized carbons (Fsp3) is 0.571. The smallest absolute Gasteiger partial charge is 0.127 e. The lowest BCUT2D eigenvalue weighted by molar-refractivity contribution is 0.0255. The maximum Gasteiger partial charge on any atom is 0.127 e. The summed E-state index contributed by atoms with van der Waals surface area (Å²) in [6, 6.07) is 6.75. The summed E-state index contributed by atoms with van der Waals surface area (Å²) >= 11 is 0. The number of nitrogens with one attached hydrogen (secondary N) is 1. The van der Waals surface area contributed by atoms with Crippen molar-refractivity contribution in [3.8, 4) is 0 Å². The maximum absolute atomic E-state index is 13.3. The Hall–Kier alpha value is -1.01. The summed E-state index contributed by atoms with van der Waals surface area (Å²) in [5, 5.41) is 3.13. The van der Waals surface area contributed by atoms with Gasteiger partial charge in [0.1, 0.15) is 5.82 Å². The van der Waals surface area contributed by atoms with Gasteiger partial charge >= 0.3 is 0 Å². The summed E-state index contributed by atoms with van der Waals surface area (Å²) < 4.78 is 28.7. The first-order chi connectivity index (χ1) is 9.34. The van der Waals surface area contributed by atoms with Crippen molar-refractivity contribution in [3.05, 3.63) is 35.6 Å². The molecule has 4 nitrogen and oxygen atoms in total. The molecule has 0 unspecified atom stereocenters. The van der Waals surface area contributed by atoms with E-state index in [1.165, 1.54) is 6.07 Å². The van der Waals surface area contributed by atoms with E-state index in [2.05, 4.69) is 5.32 Å². The third-order valence-electron chi connectivity index (χ3n) is 2.50. The van der Waals surface area contributed by atoms with E-state index in [0.29, 0.717) is 51.7 Å². The largest absolute Gasteiger partial charge is 0.382 e. The molecule has 1 aromatic rings. The van der Waals surface area contributed by atoms with Gasteiger partial charge in [-0.25, -0.2) is 4.39 Å². The van der Waals surface area contributed by atoms with Crippen LogP contribution in [0.3, 0.4) is 0 Å². The van der Waals surface area contributed by atoms with Crippen molar-refractivity contribution in [2.75, 3.05) is 46.7 Å². The van der Waals surface area contributed by atoms with Crippen molar-refractivity contribution in [2.24, 2.45) is 0 Å². The van der Waals surface area contributed by atoms with Crippen molar-refractivity contribution in [1.29, 1.82) is 0 Å². The Morgan fingerprint density at radius 3 is 2.42 bits per heavy atom. The van der Waals surface area contributed by atoms with Gasteiger partial charge in [-0.1, -0.05) is 18.2 Å². The van der Waals surface area contributed by atoms with Gasteiger partial charge in [0, 0.05) is 25.8 Å². The van der Waals surface area contributed by atoms with Crippen LogP contribution in [0.5, 0.6) is 0 Å². The highest BCUT2D eigenvalue weighted by atomic mass is 19.1. The van der Waals surface area contributed by atoms with Gasteiger partial charge in [-0.15, -0.1) is 0 Å². The molecule has 108 valence electrons. The number of hydrogen-bond acceptors (Lipinski definition) is 4. The molecular formula is C14H22FNO3. The quantitative estimate of drug-likeness (QED) is 0.621. The number of hydrogen-bond donors (Lipinski definition) is 1. The summed E-state index contributed by atoms with van der Waals surface area (Å²) in [7, 11) is 1.64. The molecule has 1 N–H and O–H groups in total. The number of ether oxygens (including phenoxy) is 3. The zero-order valence-corrected chi connectivity index (χ0v) is 11.4. The number of halogens is 1. The van der Waals surface area contributed by atoms with E-state index >= 15 is 0 Å². The topological polar surface area (TPSA) is 39.7 Å². The molecule has 0 saturated carbocycles. The number of benzene rings is 1. The fourth-order valence-electron chi connectivity index (χ4n) is 1.47. The van der Waals surface area contributed by atoms with Gasteiger partial charge in [-0.05, 0) is 6.07 Å². The molecular weight excluding hydrogens is 249 g/mol. The van der Waals surface area contributed by atoms with E-state index in [-0.39, 0.29) is 5.82 Å². The predicted molar refractivity (Wildman–Crippen MR) is 71.6 cm³/mol. The number of methoxy groups -OCH3 is 1. The van der Waals surface area contributed by atoms with Crippen LogP contribution >= 0.6 is 0 Å². The Balaban J connectivity index is 1.90. The predicted octanol–water partition coefficient (Wildman–Crippen LogP) is 1.59. The Labute approximate surface area is 113 Å². The minimum absolute atomic E-state index is 0.178. The normalized spacial score (nSPS) is 10.8. The first-order valence-electron chi connectivity index (χ1n) is 6.43. The molecule has 0 atom stereocenters. The number of rotatable bonds is 11. The zero-order valence-electron chi connectivity index (χ0n) is 11.4. The van der Waals surface area contributed by atoms with Gasteiger partial charge < -0.3 is 19.5 Å². The average molecular weight is 271 g/mol. The third-order valence-corrected chi connectivity index (χ3v) is 2.50. The van der Waals surface area contributed by atoms with Crippen molar-refractivity contribution >= 4 is 0 Å². The Morgan fingerprint density at radius 2 is 1.68 bits per heavy atom. The molecule has 0 aliphatic heterocycles. The molecule has 0 radical (unpaired) electrons. The first-order valence-corrected chi connectivity index (χ1v) is 6.43. The second-order valence-corrected chi connectivity index (χ2v) is 3.99. The van der Waals surface area contributed by atoms with Crippen LogP contribution in [0.1, 0.15) is 5.56 Å². The minimum atomic E-state index is -0.178. The van der Waals surface area contributed by atoms with Gasteiger partial charge in [0.2, 0.25) is 0 Å². The Kier molecular flexibility index (Phi) is 9.18. The monoisotopic (exact) mass is 271 g/mol. The standard InChI is InChI=1S/C14H22FNO3/c1-17-8-9-19-11-10-18-7-6-16-12-13-4-2-3-5-14(13)15/h2-5,16H,6-12H2,1H3.